The second kappa shape index (κ2) is 12.3. The Hall–Kier alpha value is -3.68. The highest BCUT2D eigenvalue weighted by Gasteiger charge is 2.34. The Morgan fingerprint density at radius 2 is 2.19 bits per heavy atom. The molecular formula is C26H31FN4O5. The van der Waals surface area contributed by atoms with Crippen LogP contribution in [0.5, 0.6) is 5.88 Å². The van der Waals surface area contributed by atoms with Crippen molar-refractivity contribution in [3.63, 3.8) is 0 Å². The molecule has 1 aromatic heterocycles. The minimum atomic E-state index is -0.542. The summed E-state index contributed by atoms with van der Waals surface area (Å²) in [5, 5.41) is 12.3. The molecule has 0 saturated carbocycles. The van der Waals surface area contributed by atoms with E-state index < -0.39 is 24.0 Å². The number of anilines is 1. The molecule has 1 aliphatic heterocycles. The number of pyridine rings is 1. The van der Waals surface area contributed by atoms with Gasteiger partial charge in [-0.3, -0.25) is 4.79 Å². The summed E-state index contributed by atoms with van der Waals surface area (Å²) in [5.74, 6) is 4.76. The number of carbonyl (C=O) groups is 2. The topological polar surface area (TPSA) is 104 Å². The summed E-state index contributed by atoms with van der Waals surface area (Å²) in [6, 6.07) is 6.56. The quantitative estimate of drug-likeness (QED) is 0.594. The van der Waals surface area contributed by atoms with E-state index in [1.165, 1.54) is 36.4 Å². The molecule has 1 aliphatic rings. The first kappa shape index (κ1) is 26.9. The molecule has 0 radical (unpaired) electrons. The van der Waals surface area contributed by atoms with Crippen molar-refractivity contribution in [2.45, 2.75) is 26.0 Å². The lowest BCUT2D eigenvalue weighted by atomic mass is 10.00. The SMILES string of the molecule is COCC#Cc1cnc2c(c1)C(=O)N([C@@H](C)CO)C[C@H](C)[C@@H](CN(C)C(=O)Nc1ccccc1F)O2. The molecule has 0 aliphatic carbocycles. The number of fused-ring (bicyclic) bond motifs is 1. The summed E-state index contributed by atoms with van der Waals surface area (Å²) in [4.78, 5) is 33.4. The third kappa shape index (κ3) is 6.50. The molecule has 0 bridgehead atoms. The molecule has 0 spiro atoms. The summed E-state index contributed by atoms with van der Waals surface area (Å²) in [5.41, 5.74) is 0.810. The lowest BCUT2D eigenvalue weighted by Gasteiger charge is -2.37. The predicted molar refractivity (Wildman–Crippen MR) is 132 cm³/mol. The first-order valence-electron chi connectivity index (χ1n) is 11.6. The summed E-state index contributed by atoms with van der Waals surface area (Å²) >= 11 is 0. The van der Waals surface area contributed by atoms with Crippen molar-refractivity contribution in [1.82, 2.24) is 14.8 Å². The summed E-state index contributed by atoms with van der Waals surface area (Å²) in [6.45, 7) is 4.10. The fourth-order valence-corrected chi connectivity index (χ4v) is 3.72. The summed E-state index contributed by atoms with van der Waals surface area (Å²) < 4.78 is 25.1. The average Bonchev–Trinajstić information content (AvgIpc) is 2.87. The first-order valence-corrected chi connectivity index (χ1v) is 11.6. The van der Waals surface area contributed by atoms with Gasteiger partial charge >= 0.3 is 6.03 Å². The fourth-order valence-electron chi connectivity index (χ4n) is 3.72. The summed E-state index contributed by atoms with van der Waals surface area (Å²) in [7, 11) is 3.11. The van der Waals surface area contributed by atoms with E-state index in [-0.39, 0.29) is 55.3 Å². The van der Waals surface area contributed by atoms with Crippen LogP contribution in [0.3, 0.4) is 0 Å². The van der Waals surface area contributed by atoms with Crippen LogP contribution >= 0.6 is 0 Å². The maximum atomic E-state index is 14.0. The minimum Gasteiger partial charge on any atom is -0.472 e. The Labute approximate surface area is 210 Å². The third-order valence-electron chi connectivity index (χ3n) is 5.89. The van der Waals surface area contributed by atoms with Crippen LogP contribution in [0.4, 0.5) is 14.9 Å². The van der Waals surface area contributed by atoms with Gasteiger partial charge in [0.15, 0.2) is 0 Å². The van der Waals surface area contributed by atoms with E-state index in [1.807, 2.05) is 6.92 Å². The highest BCUT2D eigenvalue weighted by molar-refractivity contribution is 5.97. The van der Waals surface area contributed by atoms with Crippen molar-refractivity contribution < 1.29 is 28.6 Å². The Morgan fingerprint density at radius 1 is 1.44 bits per heavy atom. The number of aliphatic hydroxyl groups excluding tert-OH is 1. The lowest BCUT2D eigenvalue weighted by Crippen LogP contribution is -2.50. The van der Waals surface area contributed by atoms with E-state index in [9.17, 15) is 19.1 Å². The Morgan fingerprint density at radius 3 is 2.89 bits per heavy atom. The number of ether oxygens (including phenoxy) is 2. The normalized spacial score (nSPS) is 18.1. The van der Waals surface area contributed by atoms with E-state index in [2.05, 4.69) is 22.1 Å². The number of methoxy groups -OCH3 is 1. The molecule has 9 nitrogen and oxygen atoms in total. The number of amides is 3. The van der Waals surface area contributed by atoms with Crippen molar-refractivity contribution in [2.24, 2.45) is 5.92 Å². The minimum absolute atomic E-state index is 0.0728. The molecule has 0 saturated heterocycles. The van der Waals surface area contributed by atoms with Gasteiger partial charge in [0.2, 0.25) is 5.88 Å². The monoisotopic (exact) mass is 498 g/mol. The van der Waals surface area contributed by atoms with Crippen LogP contribution in [0, 0.1) is 23.6 Å². The van der Waals surface area contributed by atoms with Gasteiger partial charge in [-0.1, -0.05) is 30.9 Å². The molecule has 3 amide bonds. The van der Waals surface area contributed by atoms with Crippen LogP contribution in [0.25, 0.3) is 0 Å². The Balaban J connectivity index is 1.88. The number of benzene rings is 1. The molecule has 2 aromatic rings. The largest absolute Gasteiger partial charge is 0.472 e. The Bertz CT molecular complexity index is 1150. The van der Waals surface area contributed by atoms with E-state index in [4.69, 9.17) is 9.47 Å². The second-order valence-electron chi connectivity index (χ2n) is 8.72. The number of rotatable bonds is 6. The van der Waals surface area contributed by atoms with Gasteiger partial charge in [-0.05, 0) is 25.1 Å². The second-order valence-corrected chi connectivity index (χ2v) is 8.72. The van der Waals surface area contributed by atoms with Crippen LogP contribution in [0.2, 0.25) is 0 Å². The molecule has 192 valence electrons. The van der Waals surface area contributed by atoms with Gasteiger partial charge in [-0.2, -0.15) is 0 Å². The number of hydrogen-bond acceptors (Lipinski definition) is 6. The van der Waals surface area contributed by atoms with Gasteiger partial charge in [-0.25, -0.2) is 14.2 Å². The van der Waals surface area contributed by atoms with E-state index in [1.54, 1.807) is 31.0 Å². The molecule has 0 unspecified atom stereocenters. The predicted octanol–water partition coefficient (Wildman–Crippen LogP) is 2.60. The number of urea groups is 1. The molecule has 3 atom stereocenters. The van der Waals surface area contributed by atoms with Crippen molar-refractivity contribution in [3.05, 3.63) is 53.5 Å². The van der Waals surface area contributed by atoms with Crippen LogP contribution in [0.15, 0.2) is 36.5 Å². The van der Waals surface area contributed by atoms with Crippen molar-refractivity contribution >= 4 is 17.6 Å². The number of hydrogen-bond donors (Lipinski definition) is 2. The van der Waals surface area contributed by atoms with Crippen LogP contribution in [-0.2, 0) is 4.74 Å². The smallest absolute Gasteiger partial charge is 0.321 e. The molecule has 10 heteroatoms. The first-order chi connectivity index (χ1) is 17.2. The van der Waals surface area contributed by atoms with Crippen molar-refractivity contribution in [1.29, 1.82) is 0 Å². The van der Waals surface area contributed by atoms with Crippen LogP contribution < -0.4 is 10.1 Å². The molecule has 3 rings (SSSR count). The zero-order chi connectivity index (χ0) is 26.2. The highest BCUT2D eigenvalue weighted by atomic mass is 19.1. The number of aromatic nitrogens is 1. The Kier molecular flexibility index (Phi) is 9.22. The number of likely N-dealkylation sites (N-methyl/N-ethyl adjacent to an activating group) is 1. The van der Waals surface area contributed by atoms with Crippen LogP contribution in [-0.4, -0.2) is 84.4 Å². The molecule has 36 heavy (non-hydrogen) atoms. The van der Waals surface area contributed by atoms with Crippen molar-refractivity contribution in [3.8, 4) is 17.7 Å². The maximum Gasteiger partial charge on any atom is 0.321 e. The maximum absolute atomic E-state index is 14.0. The van der Waals surface area contributed by atoms with E-state index >= 15 is 0 Å². The number of para-hydroxylation sites is 1. The molecule has 0 fully saturated rings. The third-order valence-corrected chi connectivity index (χ3v) is 5.89. The number of nitrogens with one attached hydrogen (secondary N) is 1. The van der Waals surface area contributed by atoms with Gasteiger partial charge in [0.05, 0.1) is 24.9 Å². The molecule has 1 aromatic carbocycles. The zero-order valence-electron chi connectivity index (χ0n) is 20.8. The number of carbonyl (C=O) groups excluding carboxylic acids is 2. The standard InChI is InChI=1S/C26H31FN4O5/c1-17-14-31(18(2)16-32)25(33)20-12-19(8-7-11-35-4)13-28-24(20)36-23(17)15-30(3)26(34)29-22-10-6-5-9-21(22)27/h5-6,9-10,12-13,17-18,23,32H,11,14-16H2,1-4H3,(H,29,34)/t17-,18-,23+/m0/s1. The van der Waals surface area contributed by atoms with Gasteiger partial charge < -0.3 is 29.7 Å². The van der Waals surface area contributed by atoms with E-state index in [0.717, 1.165) is 0 Å². The number of nitrogens with zero attached hydrogens (tertiary/aromatic N) is 3. The number of halogens is 1. The highest BCUT2D eigenvalue weighted by Crippen LogP contribution is 2.27. The van der Waals surface area contributed by atoms with E-state index in [0.29, 0.717) is 5.56 Å². The lowest BCUT2D eigenvalue weighted by molar-refractivity contribution is 0.0356. The summed E-state index contributed by atoms with van der Waals surface area (Å²) in [6.07, 6.45) is 0.964. The number of aliphatic hydroxyl groups is 1. The molecule has 2 heterocycles. The van der Waals surface area contributed by atoms with Crippen molar-refractivity contribution in [2.75, 3.05) is 45.8 Å². The molecule has 2 N–H and O–H groups in total. The van der Waals surface area contributed by atoms with Gasteiger partial charge in [-0.15, -0.1) is 0 Å². The molecular weight excluding hydrogens is 467 g/mol. The zero-order valence-corrected chi connectivity index (χ0v) is 20.8. The van der Waals surface area contributed by atoms with Gasteiger partial charge in [0.25, 0.3) is 5.91 Å². The average molecular weight is 499 g/mol. The fraction of sp³-hybridized carbons (Fsp3) is 0.423. The van der Waals surface area contributed by atoms with Crippen LogP contribution in [0.1, 0.15) is 29.8 Å². The van der Waals surface area contributed by atoms with Gasteiger partial charge in [0, 0.05) is 38.4 Å². The van der Waals surface area contributed by atoms with Gasteiger partial charge in [0.1, 0.15) is 24.1 Å².